The average molecular weight is 452 g/mol. The van der Waals surface area contributed by atoms with E-state index in [-0.39, 0.29) is 30.5 Å². The number of hydrogen-bond acceptors (Lipinski definition) is 7. The minimum absolute atomic E-state index is 0.0394. The highest BCUT2D eigenvalue weighted by atomic mass is 19.3. The first-order valence-electron chi connectivity index (χ1n) is 11.1. The van der Waals surface area contributed by atoms with Crippen molar-refractivity contribution in [2.45, 2.75) is 70.4 Å². The van der Waals surface area contributed by atoms with E-state index in [2.05, 4.69) is 20.2 Å². The first-order valence-corrected chi connectivity index (χ1v) is 11.1. The second kappa shape index (κ2) is 10.5. The van der Waals surface area contributed by atoms with Crippen LogP contribution in [0.2, 0.25) is 0 Å². The van der Waals surface area contributed by atoms with Gasteiger partial charge in [0.05, 0.1) is 6.04 Å². The lowest BCUT2D eigenvalue weighted by atomic mass is 9.82. The van der Waals surface area contributed by atoms with Crippen molar-refractivity contribution < 1.29 is 13.2 Å². The van der Waals surface area contributed by atoms with Gasteiger partial charge in [-0.2, -0.15) is 10.2 Å². The molecule has 0 bridgehead atoms. The standard InChI is InChI=1S/C22H32F3N7/c1-14-5-4-8-22(24,25)19(14)32(2)21-18(23)11-15(13-27)20(30-21)29-16-6-3-7-17(12-16)31-28-10-9-26/h10-11,14,19H,3-9,12-13,26-27H2,1-2H3/b28-10+,29-16?,31-17-. The minimum Gasteiger partial charge on any atom is -0.348 e. The van der Waals surface area contributed by atoms with E-state index in [9.17, 15) is 13.2 Å². The Labute approximate surface area is 186 Å². The Balaban J connectivity index is 1.94. The van der Waals surface area contributed by atoms with E-state index < -0.39 is 17.8 Å². The van der Waals surface area contributed by atoms with Crippen LogP contribution in [0, 0.1) is 11.7 Å². The number of hydrogen-bond donors (Lipinski definition) is 2. The molecule has 0 saturated heterocycles. The number of pyridine rings is 1. The van der Waals surface area contributed by atoms with Gasteiger partial charge in [0.1, 0.15) is 0 Å². The van der Waals surface area contributed by atoms with Crippen molar-refractivity contribution in [3.8, 4) is 0 Å². The molecular formula is C22H32F3N7. The van der Waals surface area contributed by atoms with Gasteiger partial charge in [0.2, 0.25) is 0 Å². The zero-order chi connectivity index (χ0) is 23.3. The second-order valence-electron chi connectivity index (χ2n) is 8.58. The lowest BCUT2D eigenvalue weighted by Crippen LogP contribution is -2.53. The van der Waals surface area contributed by atoms with Crippen molar-refractivity contribution in [3.05, 3.63) is 17.4 Å². The van der Waals surface area contributed by atoms with Gasteiger partial charge < -0.3 is 16.4 Å². The van der Waals surface area contributed by atoms with E-state index in [4.69, 9.17) is 11.5 Å². The van der Waals surface area contributed by atoms with E-state index in [0.29, 0.717) is 31.4 Å². The predicted molar refractivity (Wildman–Crippen MR) is 123 cm³/mol. The molecular weight excluding hydrogens is 419 g/mol. The molecule has 2 fully saturated rings. The van der Waals surface area contributed by atoms with E-state index >= 15 is 0 Å². The summed E-state index contributed by atoms with van der Waals surface area (Å²) in [5.74, 6) is -3.74. The summed E-state index contributed by atoms with van der Waals surface area (Å²) in [6, 6.07) is 0.129. The number of nitrogens with two attached hydrogens (primary N) is 2. The summed E-state index contributed by atoms with van der Waals surface area (Å²) in [6.45, 7) is 2.13. The predicted octanol–water partition coefficient (Wildman–Crippen LogP) is 3.97. The normalized spacial score (nSPS) is 26.2. The second-order valence-corrected chi connectivity index (χ2v) is 8.58. The molecule has 0 spiro atoms. The fourth-order valence-corrected chi connectivity index (χ4v) is 4.59. The average Bonchev–Trinajstić information content (AvgIpc) is 2.74. The number of rotatable bonds is 6. The van der Waals surface area contributed by atoms with E-state index in [0.717, 1.165) is 30.7 Å². The highest BCUT2D eigenvalue weighted by Gasteiger charge is 2.48. The summed E-state index contributed by atoms with van der Waals surface area (Å²) in [5.41, 5.74) is 13.3. The van der Waals surface area contributed by atoms with Crippen molar-refractivity contribution in [1.29, 1.82) is 0 Å². The van der Waals surface area contributed by atoms with Crippen LogP contribution in [0.4, 0.5) is 24.8 Å². The summed E-state index contributed by atoms with van der Waals surface area (Å²) in [6.07, 6.45) is 5.36. The van der Waals surface area contributed by atoms with Gasteiger partial charge in [-0.15, -0.1) is 0 Å². The van der Waals surface area contributed by atoms with Gasteiger partial charge in [-0.3, -0.25) is 0 Å². The first-order chi connectivity index (χ1) is 15.3. The molecule has 0 aliphatic heterocycles. The highest BCUT2D eigenvalue weighted by molar-refractivity contribution is 6.07. The molecule has 1 aromatic rings. The molecule has 0 radical (unpaired) electrons. The van der Waals surface area contributed by atoms with Crippen LogP contribution in [0.25, 0.3) is 0 Å². The summed E-state index contributed by atoms with van der Waals surface area (Å²) in [5, 5.41) is 8.11. The largest absolute Gasteiger partial charge is 0.348 e. The molecule has 0 amide bonds. The van der Waals surface area contributed by atoms with Crippen LogP contribution in [0.15, 0.2) is 21.3 Å². The number of halogens is 3. The van der Waals surface area contributed by atoms with Gasteiger partial charge >= 0.3 is 0 Å². The third kappa shape index (κ3) is 5.53. The van der Waals surface area contributed by atoms with Crippen LogP contribution in [0.3, 0.4) is 0 Å². The Morgan fingerprint density at radius 1 is 1.25 bits per heavy atom. The molecule has 2 unspecified atom stereocenters. The fraction of sp³-hybridized carbons (Fsp3) is 0.636. The zero-order valence-electron chi connectivity index (χ0n) is 18.7. The number of alkyl halides is 2. The van der Waals surface area contributed by atoms with Crippen molar-refractivity contribution in [1.82, 2.24) is 4.98 Å². The molecule has 2 saturated carbocycles. The molecule has 2 atom stereocenters. The van der Waals surface area contributed by atoms with Crippen molar-refractivity contribution >= 4 is 29.3 Å². The summed E-state index contributed by atoms with van der Waals surface area (Å²) in [7, 11) is 1.48. The van der Waals surface area contributed by atoms with Gasteiger partial charge in [0.25, 0.3) is 5.92 Å². The Morgan fingerprint density at radius 2 is 2.00 bits per heavy atom. The molecule has 0 aromatic carbocycles. The number of anilines is 1. The van der Waals surface area contributed by atoms with Crippen LogP contribution in [0.5, 0.6) is 0 Å². The maximum absolute atomic E-state index is 14.9. The van der Waals surface area contributed by atoms with Gasteiger partial charge in [-0.05, 0) is 44.1 Å². The molecule has 3 rings (SSSR count). The maximum Gasteiger partial charge on any atom is 0.268 e. The summed E-state index contributed by atoms with van der Waals surface area (Å²) < 4.78 is 44.3. The lowest BCUT2D eigenvalue weighted by molar-refractivity contribution is -0.0701. The van der Waals surface area contributed by atoms with E-state index in [1.54, 1.807) is 6.92 Å². The molecule has 176 valence electrons. The topological polar surface area (TPSA) is 105 Å². The maximum atomic E-state index is 14.9. The Morgan fingerprint density at radius 3 is 2.69 bits per heavy atom. The third-order valence-corrected chi connectivity index (χ3v) is 6.12. The molecule has 2 aliphatic rings. The molecule has 1 aromatic heterocycles. The molecule has 10 heteroatoms. The lowest BCUT2D eigenvalue weighted by Gasteiger charge is -2.42. The SMILES string of the molecule is CC1CCCC(F)(F)C1N(C)c1nc(N=C2CCC/C(=N/N=C/CN)C2)c(CN)cc1F. The van der Waals surface area contributed by atoms with E-state index in [1.807, 2.05) is 0 Å². The van der Waals surface area contributed by atoms with Gasteiger partial charge in [0, 0.05) is 56.2 Å². The van der Waals surface area contributed by atoms with Crippen molar-refractivity contribution in [2.75, 3.05) is 18.5 Å². The van der Waals surface area contributed by atoms with Crippen molar-refractivity contribution in [2.24, 2.45) is 32.6 Å². The summed E-state index contributed by atoms with van der Waals surface area (Å²) >= 11 is 0. The smallest absolute Gasteiger partial charge is 0.268 e. The summed E-state index contributed by atoms with van der Waals surface area (Å²) in [4.78, 5) is 10.3. The third-order valence-electron chi connectivity index (χ3n) is 6.12. The van der Waals surface area contributed by atoms with Crippen LogP contribution in [0.1, 0.15) is 57.4 Å². The van der Waals surface area contributed by atoms with Crippen LogP contribution < -0.4 is 16.4 Å². The quantitative estimate of drug-likeness (QED) is 0.504. The Kier molecular flexibility index (Phi) is 8.00. The molecule has 4 N–H and O–H groups in total. The van der Waals surface area contributed by atoms with Crippen molar-refractivity contribution in [3.63, 3.8) is 0 Å². The van der Waals surface area contributed by atoms with Gasteiger partial charge in [-0.25, -0.2) is 23.1 Å². The fourth-order valence-electron chi connectivity index (χ4n) is 4.59. The Hall–Kier alpha value is -2.33. The van der Waals surface area contributed by atoms with Gasteiger partial charge in [-0.1, -0.05) is 6.92 Å². The number of aliphatic imine (C=N–C) groups is 1. The van der Waals surface area contributed by atoms with E-state index in [1.165, 1.54) is 24.2 Å². The van der Waals surface area contributed by atoms with Crippen LogP contribution in [-0.2, 0) is 6.54 Å². The number of nitrogens with zero attached hydrogens (tertiary/aromatic N) is 5. The molecule has 2 aliphatic carbocycles. The van der Waals surface area contributed by atoms with Crippen LogP contribution in [-0.4, -0.2) is 48.2 Å². The van der Waals surface area contributed by atoms with Gasteiger partial charge in [0.15, 0.2) is 17.5 Å². The molecule has 1 heterocycles. The highest BCUT2D eigenvalue weighted by Crippen LogP contribution is 2.41. The Bertz CT molecular complexity index is 898. The zero-order valence-corrected chi connectivity index (χ0v) is 18.7. The first kappa shape index (κ1) is 24.3. The monoisotopic (exact) mass is 451 g/mol. The molecule has 32 heavy (non-hydrogen) atoms. The van der Waals surface area contributed by atoms with Crippen LogP contribution >= 0.6 is 0 Å². The minimum atomic E-state index is -2.92. The molecule has 7 nitrogen and oxygen atoms in total. The number of aromatic nitrogens is 1.